The molecule has 0 saturated carbocycles. The van der Waals surface area contributed by atoms with Crippen LogP contribution >= 0.6 is 0 Å². The number of carboxylic acid groups (broad SMARTS) is 1. The summed E-state index contributed by atoms with van der Waals surface area (Å²) >= 11 is 0. The molecule has 2 heterocycles. The highest BCUT2D eigenvalue weighted by Crippen LogP contribution is 2.35. The van der Waals surface area contributed by atoms with Gasteiger partial charge in [-0.2, -0.15) is 0 Å². The molecule has 1 atom stereocenters. The van der Waals surface area contributed by atoms with Crippen LogP contribution in [-0.2, 0) is 6.42 Å². The maximum atomic E-state index is 12.3. The van der Waals surface area contributed by atoms with Crippen LogP contribution in [0.25, 0.3) is 10.9 Å². The molecular formula is C15H15NO4. The fraction of sp³-hybridized carbons (Fsp3) is 0.333. The van der Waals surface area contributed by atoms with Gasteiger partial charge in [0.15, 0.2) is 0 Å². The van der Waals surface area contributed by atoms with Crippen LogP contribution in [0.5, 0.6) is 5.75 Å². The van der Waals surface area contributed by atoms with Crippen LogP contribution in [0.1, 0.15) is 35.3 Å². The Labute approximate surface area is 115 Å². The van der Waals surface area contributed by atoms with Crippen LogP contribution in [0.4, 0.5) is 0 Å². The van der Waals surface area contributed by atoms with Crippen LogP contribution in [0.15, 0.2) is 23.1 Å². The van der Waals surface area contributed by atoms with Gasteiger partial charge in [0.1, 0.15) is 11.3 Å². The number of aromatic carboxylic acids is 1. The van der Waals surface area contributed by atoms with Crippen molar-refractivity contribution in [2.24, 2.45) is 0 Å². The van der Waals surface area contributed by atoms with Gasteiger partial charge in [-0.05, 0) is 31.9 Å². The Hall–Kier alpha value is -2.30. The van der Waals surface area contributed by atoms with Gasteiger partial charge >= 0.3 is 5.97 Å². The number of ether oxygens (including phenoxy) is 1. The van der Waals surface area contributed by atoms with Crippen molar-refractivity contribution in [3.63, 3.8) is 0 Å². The monoisotopic (exact) mass is 273 g/mol. The highest BCUT2D eigenvalue weighted by Gasteiger charge is 2.24. The van der Waals surface area contributed by atoms with Gasteiger partial charge in [-0.15, -0.1) is 0 Å². The highest BCUT2D eigenvalue weighted by atomic mass is 16.5. The van der Waals surface area contributed by atoms with Crippen molar-refractivity contribution in [1.82, 2.24) is 4.57 Å². The molecule has 0 spiro atoms. The molecule has 5 nitrogen and oxygen atoms in total. The number of aryl methyl sites for hydroxylation is 1. The van der Waals surface area contributed by atoms with Crippen molar-refractivity contribution < 1.29 is 14.6 Å². The van der Waals surface area contributed by atoms with Gasteiger partial charge < -0.3 is 14.4 Å². The first-order valence-corrected chi connectivity index (χ1v) is 6.52. The normalized spacial score (nSPS) is 17.2. The predicted molar refractivity (Wildman–Crippen MR) is 74.8 cm³/mol. The molecule has 20 heavy (non-hydrogen) atoms. The Morgan fingerprint density at radius 3 is 2.85 bits per heavy atom. The van der Waals surface area contributed by atoms with Crippen LogP contribution in [0.3, 0.4) is 0 Å². The molecule has 3 rings (SSSR count). The van der Waals surface area contributed by atoms with Gasteiger partial charge in [-0.25, -0.2) is 4.79 Å². The van der Waals surface area contributed by atoms with E-state index in [1.807, 2.05) is 11.5 Å². The molecule has 1 aromatic heterocycles. The lowest BCUT2D eigenvalue weighted by atomic mass is 9.95. The number of aromatic nitrogens is 1. The molecule has 0 bridgehead atoms. The standard InChI is InChI=1S/C15H15NO4/c1-8-3-4-9-12(20-2)6-5-10-13(9)16(8)7-11(14(10)17)15(18)19/h5-8H,3-4H2,1-2H3,(H,18,19). The van der Waals surface area contributed by atoms with Crippen LogP contribution in [0, 0.1) is 0 Å². The smallest absolute Gasteiger partial charge is 0.341 e. The van der Waals surface area contributed by atoms with Gasteiger partial charge in [0.2, 0.25) is 5.43 Å². The Morgan fingerprint density at radius 1 is 1.45 bits per heavy atom. The molecule has 104 valence electrons. The largest absolute Gasteiger partial charge is 0.496 e. The second-order valence-electron chi connectivity index (χ2n) is 5.11. The van der Waals surface area contributed by atoms with Gasteiger partial charge in [0.05, 0.1) is 12.6 Å². The van der Waals surface area contributed by atoms with Gasteiger partial charge in [-0.3, -0.25) is 4.79 Å². The topological polar surface area (TPSA) is 68.5 Å². The van der Waals surface area contributed by atoms with Crippen LogP contribution in [0.2, 0.25) is 0 Å². The van der Waals surface area contributed by atoms with E-state index < -0.39 is 11.4 Å². The average Bonchev–Trinajstić information content (AvgIpc) is 2.43. The zero-order chi connectivity index (χ0) is 14.4. The minimum atomic E-state index is -1.18. The zero-order valence-electron chi connectivity index (χ0n) is 11.3. The SMILES string of the molecule is COc1ccc2c(=O)c(C(=O)O)cn3c2c1CCC3C. The van der Waals surface area contributed by atoms with Crippen molar-refractivity contribution >= 4 is 16.9 Å². The van der Waals surface area contributed by atoms with Gasteiger partial charge in [0, 0.05) is 23.2 Å². The van der Waals surface area contributed by atoms with E-state index in [0.717, 1.165) is 29.7 Å². The Balaban J connectivity index is 2.50. The minimum Gasteiger partial charge on any atom is -0.496 e. The van der Waals surface area contributed by atoms with E-state index in [1.165, 1.54) is 6.20 Å². The van der Waals surface area contributed by atoms with E-state index in [0.29, 0.717) is 5.39 Å². The predicted octanol–water partition coefficient (Wildman–Crippen LogP) is 2.22. The average molecular weight is 273 g/mol. The van der Waals surface area contributed by atoms with Crippen molar-refractivity contribution in [3.05, 3.63) is 39.7 Å². The van der Waals surface area contributed by atoms with E-state index in [4.69, 9.17) is 4.74 Å². The molecule has 0 amide bonds. The molecule has 0 aliphatic carbocycles. The van der Waals surface area contributed by atoms with Crippen molar-refractivity contribution in [2.45, 2.75) is 25.8 Å². The highest BCUT2D eigenvalue weighted by molar-refractivity contribution is 5.94. The summed E-state index contributed by atoms with van der Waals surface area (Å²) in [6, 6.07) is 3.56. The Kier molecular flexibility index (Phi) is 2.78. The molecule has 0 saturated heterocycles. The first-order chi connectivity index (χ1) is 9.54. The molecule has 0 fully saturated rings. The number of benzene rings is 1. The number of pyridine rings is 1. The second-order valence-corrected chi connectivity index (χ2v) is 5.11. The van der Waals surface area contributed by atoms with Gasteiger partial charge in [-0.1, -0.05) is 0 Å². The second kappa shape index (κ2) is 4.37. The third kappa shape index (κ3) is 1.62. The number of carbonyl (C=O) groups is 1. The number of methoxy groups -OCH3 is 1. The van der Waals surface area contributed by atoms with Crippen LogP contribution in [-0.4, -0.2) is 22.8 Å². The van der Waals surface area contributed by atoms with E-state index in [9.17, 15) is 14.7 Å². The molecule has 1 aliphatic rings. The summed E-state index contributed by atoms with van der Waals surface area (Å²) in [6.07, 6.45) is 3.18. The lowest BCUT2D eigenvalue weighted by molar-refractivity contribution is 0.0694. The maximum Gasteiger partial charge on any atom is 0.341 e. The number of hydrogen-bond acceptors (Lipinski definition) is 3. The van der Waals surface area contributed by atoms with E-state index in [-0.39, 0.29) is 11.6 Å². The van der Waals surface area contributed by atoms with E-state index in [1.54, 1.807) is 19.2 Å². The number of nitrogens with zero attached hydrogens (tertiary/aromatic N) is 1. The summed E-state index contributed by atoms with van der Waals surface area (Å²) in [5.41, 5.74) is 1.18. The quantitative estimate of drug-likeness (QED) is 0.911. The van der Waals surface area contributed by atoms with E-state index >= 15 is 0 Å². The van der Waals surface area contributed by atoms with Crippen molar-refractivity contribution in [3.8, 4) is 5.75 Å². The number of rotatable bonds is 2. The minimum absolute atomic E-state index is 0.163. The summed E-state index contributed by atoms with van der Waals surface area (Å²) < 4.78 is 7.24. The molecule has 2 aromatic rings. The lowest BCUT2D eigenvalue weighted by Gasteiger charge is -2.27. The maximum absolute atomic E-state index is 12.3. The van der Waals surface area contributed by atoms with Crippen LogP contribution < -0.4 is 10.2 Å². The van der Waals surface area contributed by atoms with Crippen molar-refractivity contribution in [1.29, 1.82) is 0 Å². The fourth-order valence-corrected chi connectivity index (χ4v) is 2.93. The molecule has 1 aromatic carbocycles. The molecule has 1 N–H and O–H groups in total. The summed E-state index contributed by atoms with van der Waals surface area (Å²) in [4.78, 5) is 23.5. The molecule has 0 radical (unpaired) electrons. The lowest BCUT2D eigenvalue weighted by Crippen LogP contribution is -2.24. The molecule has 1 unspecified atom stereocenters. The third-order valence-corrected chi connectivity index (χ3v) is 3.99. The fourth-order valence-electron chi connectivity index (χ4n) is 2.93. The van der Waals surface area contributed by atoms with Gasteiger partial charge in [0.25, 0.3) is 0 Å². The number of carboxylic acids is 1. The zero-order valence-corrected chi connectivity index (χ0v) is 11.3. The van der Waals surface area contributed by atoms with E-state index in [2.05, 4.69) is 0 Å². The summed E-state index contributed by atoms with van der Waals surface area (Å²) in [7, 11) is 1.60. The molecule has 5 heteroatoms. The molecular weight excluding hydrogens is 258 g/mol. The first kappa shape index (κ1) is 12.7. The Bertz CT molecular complexity index is 776. The first-order valence-electron chi connectivity index (χ1n) is 6.52. The summed E-state index contributed by atoms with van der Waals surface area (Å²) in [6.45, 7) is 2.03. The van der Waals surface area contributed by atoms with Crippen molar-refractivity contribution in [2.75, 3.05) is 7.11 Å². The third-order valence-electron chi connectivity index (χ3n) is 3.99. The molecule has 1 aliphatic heterocycles. The summed E-state index contributed by atoms with van der Waals surface area (Å²) in [5, 5.41) is 9.63. The summed E-state index contributed by atoms with van der Waals surface area (Å²) in [5.74, 6) is -0.434. The Morgan fingerprint density at radius 2 is 2.20 bits per heavy atom. The number of hydrogen-bond donors (Lipinski definition) is 1.